The predicted molar refractivity (Wildman–Crippen MR) is 274 cm³/mol. The zero-order valence-electron chi connectivity index (χ0n) is 42.0. The summed E-state index contributed by atoms with van der Waals surface area (Å²) in [5.41, 5.74) is 0. The highest BCUT2D eigenvalue weighted by atomic mass is 31.2. The Bertz CT molecular complexity index is 1310. The van der Waals surface area contributed by atoms with Gasteiger partial charge in [-0.15, -0.1) is 0 Å². The van der Waals surface area contributed by atoms with Crippen molar-refractivity contribution >= 4 is 13.7 Å². The Hall–Kier alpha value is -2.32. The van der Waals surface area contributed by atoms with Gasteiger partial charge in [0.2, 0.25) is 5.91 Å². The third-order valence-electron chi connectivity index (χ3n) is 11.1. The van der Waals surface area contributed by atoms with Crippen molar-refractivity contribution in [3.8, 4) is 0 Å². The van der Waals surface area contributed by atoms with Crippen LogP contribution in [-0.2, 0) is 18.4 Å². The number of allylic oxidation sites excluding steroid dienone is 14. The van der Waals surface area contributed by atoms with Gasteiger partial charge in [0.25, 0.3) is 7.82 Å². The van der Waals surface area contributed by atoms with Gasteiger partial charge in [-0.05, 0) is 70.6 Å². The second kappa shape index (κ2) is 45.8. The van der Waals surface area contributed by atoms with Gasteiger partial charge in [0.05, 0.1) is 39.9 Å². The fourth-order valence-electron chi connectivity index (χ4n) is 7.08. The quantitative estimate of drug-likeness (QED) is 0.0273. The molecule has 64 heavy (non-hydrogen) atoms. The molecule has 0 aromatic carbocycles. The molecule has 0 rings (SSSR count). The lowest BCUT2D eigenvalue weighted by Gasteiger charge is -2.30. The summed E-state index contributed by atoms with van der Waals surface area (Å²) in [5.74, 6) is -0.176. The molecule has 0 aliphatic rings. The van der Waals surface area contributed by atoms with Crippen LogP contribution in [0.25, 0.3) is 0 Å². The first-order chi connectivity index (χ1) is 31.0. The number of phosphoric ester groups is 1. The van der Waals surface area contributed by atoms with Crippen LogP contribution >= 0.6 is 7.82 Å². The average molecular weight is 915 g/mol. The summed E-state index contributed by atoms with van der Waals surface area (Å²) in [6, 6.07) is -0.807. The number of phosphoric acid groups is 1. The first-order valence-corrected chi connectivity index (χ1v) is 27.4. The van der Waals surface area contributed by atoms with Crippen LogP contribution in [0.15, 0.2) is 85.1 Å². The molecular formula is C55H99N2O6P. The van der Waals surface area contributed by atoms with Gasteiger partial charge in [0.1, 0.15) is 13.2 Å². The van der Waals surface area contributed by atoms with E-state index in [1.165, 1.54) is 89.9 Å². The molecule has 0 aliphatic carbocycles. The highest BCUT2D eigenvalue weighted by molar-refractivity contribution is 7.45. The van der Waals surface area contributed by atoms with Crippen LogP contribution in [0, 0.1) is 0 Å². The van der Waals surface area contributed by atoms with Gasteiger partial charge in [0, 0.05) is 6.42 Å². The van der Waals surface area contributed by atoms with Crippen LogP contribution in [-0.4, -0.2) is 68.5 Å². The van der Waals surface area contributed by atoms with Gasteiger partial charge in [0.15, 0.2) is 0 Å². The molecule has 0 heterocycles. The maximum Gasteiger partial charge on any atom is 0.268 e. The summed E-state index contributed by atoms with van der Waals surface area (Å²) >= 11 is 0. The number of hydrogen-bond donors (Lipinski definition) is 2. The van der Waals surface area contributed by atoms with Crippen LogP contribution in [0.1, 0.15) is 206 Å². The minimum Gasteiger partial charge on any atom is -0.756 e. The Kier molecular flexibility index (Phi) is 44.2. The van der Waals surface area contributed by atoms with Gasteiger partial charge in [-0.2, -0.15) is 0 Å². The third kappa shape index (κ3) is 47.6. The van der Waals surface area contributed by atoms with E-state index in [-0.39, 0.29) is 19.1 Å². The van der Waals surface area contributed by atoms with Crippen molar-refractivity contribution in [1.82, 2.24) is 5.32 Å². The number of carbonyl (C=O) groups is 1. The van der Waals surface area contributed by atoms with Gasteiger partial charge in [-0.1, -0.05) is 214 Å². The minimum atomic E-state index is -4.57. The number of unbranched alkanes of at least 4 members (excludes halogenated alkanes) is 19. The van der Waals surface area contributed by atoms with Gasteiger partial charge >= 0.3 is 0 Å². The Balaban J connectivity index is 4.15. The van der Waals surface area contributed by atoms with Crippen molar-refractivity contribution in [2.45, 2.75) is 219 Å². The molecule has 0 fully saturated rings. The van der Waals surface area contributed by atoms with Gasteiger partial charge < -0.3 is 28.8 Å². The van der Waals surface area contributed by atoms with Crippen molar-refractivity contribution in [3.63, 3.8) is 0 Å². The maximum atomic E-state index is 12.9. The molecule has 0 saturated carbocycles. The van der Waals surface area contributed by atoms with Crippen molar-refractivity contribution in [2.24, 2.45) is 0 Å². The molecule has 0 bridgehead atoms. The van der Waals surface area contributed by atoms with Crippen LogP contribution in [0.4, 0.5) is 0 Å². The topological polar surface area (TPSA) is 108 Å². The van der Waals surface area contributed by atoms with Gasteiger partial charge in [-0.25, -0.2) is 0 Å². The van der Waals surface area contributed by atoms with E-state index < -0.39 is 20.0 Å². The van der Waals surface area contributed by atoms with E-state index in [9.17, 15) is 19.4 Å². The van der Waals surface area contributed by atoms with Gasteiger partial charge in [-0.3, -0.25) is 9.36 Å². The number of rotatable bonds is 46. The lowest BCUT2D eigenvalue weighted by Crippen LogP contribution is -2.46. The molecule has 1 amide bonds. The molecule has 9 heteroatoms. The van der Waals surface area contributed by atoms with E-state index in [1.807, 2.05) is 21.1 Å². The fourth-order valence-corrected chi connectivity index (χ4v) is 7.80. The molecular weight excluding hydrogens is 816 g/mol. The average Bonchev–Trinajstić information content (AvgIpc) is 3.25. The van der Waals surface area contributed by atoms with Crippen molar-refractivity contribution in [2.75, 3.05) is 40.9 Å². The number of nitrogens with one attached hydrogen (secondary N) is 1. The minimum absolute atomic E-state index is 0.00698. The Labute approximate surface area is 395 Å². The SMILES string of the molecule is CC/C=C\C/C=C\C/C=C\C/C=C\C/C=C\C/C=C\C/C=C\CCCCCCCCCCCC(=O)NC(COP(=O)([O-])OCC[N+](C)(C)C)C(O)CCCCCCCCCCCCC. The second-order valence-corrected chi connectivity index (χ2v) is 19.9. The smallest absolute Gasteiger partial charge is 0.268 e. The highest BCUT2D eigenvalue weighted by Crippen LogP contribution is 2.38. The van der Waals surface area contributed by atoms with E-state index in [2.05, 4.69) is 104 Å². The standard InChI is InChI=1S/C55H99N2O6P/c1-6-8-10-12-14-16-18-19-20-21-22-23-24-25-26-27-28-29-30-31-32-33-34-35-36-37-39-41-43-45-47-49-55(59)56-53(52-63-64(60,61)62-51-50-57(3,4)5)54(58)48-46-44-42-40-38-17-15-13-11-9-7-2/h8,10,14,16,19-20,22-23,25-26,28-29,31-32,53-54,58H,6-7,9,11-13,15,17-18,21,24,27,30,33-52H2,1-5H3,(H-,56,59,60,61)/b10-8-,16-14-,20-19-,23-22-,26-25-,29-28-,32-31-. The lowest BCUT2D eigenvalue weighted by atomic mass is 10.0. The summed E-state index contributed by atoms with van der Waals surface area (Å²) in [6.07, 6.45) is 63.2. The molecule has 3 unspecified atom stereocenters. The summed E-state index contributed by atoms with van der Waals surface area (Å²) in [4.78, 5) is 25.4. The van der Waals surface area contributed by atoms with E-state index >= 15 is 0 Å². The first kappa shape index (κ1) is 61.7. The molecule has 0 spiro atoms. The monoisotopic (exact) mass is 915 g/mol. The highest BCUT2D eigenvalue weighted by Gasteiger charge is 2.24. The zero-order chi connectivity index (χ0) is 47.1. The fraction of sp³-hybridized carbons (Fsp3) is 0.727. The van der Waals surface area contributed by atoms with E-state index in [0.29, 0.717) is 23.9 Å². The number of nitrogens with zero attached hydrogens (tertiary/aromatic N) is 1. The Morgan fingerprint density at radius 1 is 0.562 bits per heavy atom. The molecule has 8 nitrogen and oxygen atoms in total. The largest absolute Gasteiger partial charge is 0.756 e. The van der Waals surface area contributed by atoms with Crippen molar-refractivity contribution in [3.05, 3.63) is 85.1 Å². The Morgan fingerprint density at radius 3 is 1.39 bits per heavy atom. The number of quaternary nitrogens is 1. The van der Waals surface area contributed by atoms with Crippen LogP contribution in [0.3, 0.4) is 0 Å². The molecule has 0 aromatic rings. The summed E-state index contributed by atoms with van der Waals surface area (Å²) in [6.45, 7) is 4.58. The molecule has 3 atom stereocenters. The number of likely N-dealkylation sites (N-methyl/N-ethyl adjacent to an activating group) is 1. The molecule has 0 aliphatic heterocycles. The summed E-state index contributed by atoms with van der Waals surface area (Å²) in [7, 11) is 1.29. The second-order valence-electron chi connectivity index (χ2n) is 18.5. The number of aliphatic hydroxyl groups excluding tert-OH is 1. The number of aliphatic hydroxyl groups is 1. The summed E-state index contributed by atoms with van der Waals surface area (Å²) < 4.78 is 23.3. The first-order valence-electron chi connectivity index (χ1n) is 25.9. The number of amides is 1. The third-order valence-corrected chi connectivity index (χ3v) is 12.1. The zero-order valence-corrected chi connectivity index (χ0v) is 42.8. The van der Waals surface area contributed by atoms with Crippen LogP contribution in [0.5, 0.6) is 0 Å². The number of hydrogen-bond acceptors (Lipinski definition) is 6. The van der Waals surface area contributed by atoms with E-state index in [1.54, 1.807) is 0 Å². The van der Waals surface area contributed by atoms with E-state index in [0.717, 1.165) is 89.9 Å². The number of carbonyl (C=O) groups excluding carboxylic acids is 1. The Morgan fingerprint density at radius 2 is 0.953 bits per heavy atom. The normalized spacial score (nSPS) is 14.8. The van der Waals surface area contributed by atoms with Crippen molar-refractivity contribution < 1.29 is 32.9 Å². The van der Waals surface area contributed by atoms with Crippen LogP contribution < -0.4 is 10.2 Å². The molecule has 0 radical (unpaired) electrons. The maximum absolute atomic E-state index is 12.9. The van der Waals surface area contributed by atoms with E-state index in [4.69, 9.17) is 9.05 Å². The lowest BCUT2D eigenvalue weighted by molar-refractivity contribution is -0.870. The van der Waals surface area contributed by atoms with Crippen LogP contribution in [0.2, 0.25) is 0 Å². The molecule has 2 N–H and O–H groups in total. The molecule has 0 aromatic heterocycles. The summed E-state index contributed by atoms with van der Waals surface area (Å²) in [5, 5.41) is 13.9. The molecule has 0 saturated heterocycles. The molecule has 370 valence electrons. The predicted octanol–water partition coefficient (Wildman–Crippen LogP) is 14.7. The van der Waals surface area contributed by atoms with Crippen molar-refractivity contribution in [1.29, 1.82) is 0 Å².